The zero-order valence-corrected chi connectivity index (χ0v) is 9.25. The van der Waals surface area contributed by atoms with Crippen molar-refractivity contribution in [2.75, 3.05) is 11.9 Å². The van der Waals surface area contributed by atoms with Gasteiger partial charge in [0.15, 0.2) is 0 Å². The lowest BCUT2D eigenvalue weighted by molar-refractivity contribution is -0.141. The Morgan fingerprint density at radius 1 is 1.50 bits per heavy atom. The minimum absolute atomic E-state index is 0.0113. The van der Waals surface area contributed by atoms with Crippen LogP contribution in [0.2, 0.25) is 0 Å². The average Bonchev–Trinajstić information content (AvgIpc) is 2.16. The number of anilines is 1. The maximum absolute atomic E-state index is 12.4. The molecule has 0 aliphatic carbocycles. The third-order valence-electron chi connectivity index (χ3n) is 1.80. The Hall–Kier alpha value is -1.37. The second kappa shape index (κ2) is 4.65. The van der Waals surface area contributed by atoms with E-state index in [1.54, 1.807) is 6.92 Å². The molecule has 0 aliphatic heterocycles. The average molecular weight is 249 g/mol. The number of thiocarbonyl (C=S) groups is 1. The molecule has 7 heteroatoms. The summed E-state index contributed by atoms with van der Waals surface area (Å²) in [5.74, 6) is 0.0600. The van der Waals surface area contributed by atoms with E-state index in [0.29, 0.717) is 12.1 Å². The van der Waals surface area contributed by atoms with Crippen molar-refractivity contribution in [1.29, 1.82) is 0 Å². The topological polar surface area (TPSA) is 50.9 Å². The van der Waals surface area contributed by atoms with E-state index in [2.05, 4.69) is 10.3 Å². The summed E-state index contributed by atoms with van der Waals surface area (Å²) in [6.45, 7) is 2.18. The van der Waals surface area contributed by atoms with Crippen molar-refractivity contribution in [3.8, 4) is 0 Å². The predicted molar refractivity (Wildman–Crippen MR) is 59.3 cm³/mol. The van der Waals surface area contributed by atoms with E-state index in [4.69, 9.17) is 18.0 Å². The first-order valence-electron chi connectivity index (χ1n) is 4.48. The van der Waals surface area contributed by atoms with E-state index in [1.165, 1.54) is 6.07 Å². The van der Waals surface area contributed by atoms with Gasteiger partial charge in [-0.1, -0.05) is 12.2 Å². The molecule has 0 aromatic carbocycles. The first-order chi connectivity index (χ1) is 7.36. The molecule has 0 fully saturated rings. The molecule has 0 bridgehead atoms. The van der Waals surface area contributed by atoms with Gasteiger partial charge < -0.3 is 11.1 Å². The van der Waals surface area contributed by atoms with E-state index in [1.807, 2.05) is 0 Å². The number of alkyl halides is 3. The van der Waals surface area contributed by atoms with E-state index in [9.17, 15) is 13.2 Å². The smallest absolute Gasteiger partial charge is 0.389 e. The molecule has 0 aliphatic rings. The molecule has 1 aromatic heterocycles. The fourth-order valence-corrected chi connectivity index (χ4v) is 1.28. The van der Waals surface area contributed by atoms with Gasteiger partial charge in [0.1, 0.15) is 16.5 Å². The van der Waals surface area contributed by atoms with Gasteiger partial charge >= 0.3 is 6.18 Å². The van der Waals surface area contributed by atoms with Crippen LogP contribution in [0.15, 0.2) is 12.1 Å². The molecule has 1 aromatic rings. The molecule has 0 spiro atoms. The molecule has 0 saturated carbocycles. The minimum atomic E-state index is -4.47. The molecule has 0 amide bonds. The van der Waals surface area contributed by atoms with Crippen molar-refractivity contribution in [3.05, 3.63) is 23.4 Å². The largest absolute Gasteiger partial charge is 0.433 e. The molecular formula is C9H10F3N3S. The first-order valence-corrected chi connectivity index (χ1v) is 4.89. The maximum Gasteiger partial charge on any atom is 0.433 e. The van der Waals surface area contributed by atoms with Crippen LogP contribution in [0.3, 0.4) is 0 Å². The summed E-state index contributed by atoms with van der Waals surface area (Å²) in [5.41, 5.74) is 4.72. The highest BCUT2D eigenvalue weighted by Crippen LogP contribution is 2.29. The highest BCUT2D eigenvalue weighted by molar-refractivity contribution is 7.80. The Labute approximate surface area is 95.9 Å². The summed E-state index contributed by atoms with van der Waals surface area (Å²) in [5, 5.41) is 2.69. The van der Waals surface area contributed by atoms with Crippen LogP contribution in [0, 0.1) is 0 Å². The van der Waals surface area contributed by atoms with Crippen molar-refractivity contribution in [1.82, 2.24) is 4.98 Å². The third kappa shape index (κ3) is 2.82. The quantitative estimate of drug-likeness (QED) is 0.806. The van der Waals surface area contributed by atoms with Gasteiger partial charge in [-0.15, -0.1) is 0 Å². The number of halogens is 3. The van der Waals surface area contributed by atoms with Gasteiger partial charge in [-0.25, -0.2) is 4.98 Å². The fourth-order valence-electron chi connectivity index (χ4n) is 1.12. The Kier molecular flexibility index (Phi) is 3.69. The van der Waals surface area contributed by atoms with Crippen molar-refractivity contribution >= 4 is 23.0 Å². The maximum atomic E-state index is 12.4. The zero-order valence-electron chi connectivity index (χ0n) is 8.43. The zero-order chi connectivity index (χ0) is 12.3. The van der Waals surface area contributed by atoms with Gasteiger partial charge in [0, 0.05) is 6.54 Å². The summed E-state index contributed by atoms with van der Waals surface area (Å²) >= 11 is 4.72. The Morgan fingerprint density at radius 2 is 2.12 bits per heavy atom. The van der Waals surface area contributed by atoms with Crippen LogP contribution in [0.25, 0.3) is 0 Å². The Balaban J connectivity index is 3.22. The molecule has 1 rings (SSSR count). The van der Waals surface area contributed by atoms with E-state index >= 15 is 0 Å². The van der Waals surface area contributed by atoms with E-state index < -0.39 is 11.9 Å². The lowest BCUT2D eigenvalue weighted by Crippen LogP contribution is -2.17. The lowest BCUT2D eigenvalue weighted by atomic mass is 10.2. The van der Waals surface area contributed by atoms with E-state index in [0.717, 1.165) is 6.07 Å². The number of hydrogen-bond donors (Lipinski definition) is 2. The minimum Gasteiger partial charge on any atom is -0.389 e. The summed E-state index contributed by atoms with van der Waals surface area (Å²) in [6.07, 6.45) is -4.47. The highest BCUT2D eigenvalue weighted by Gasteiger charge is 2.33. The van der Waals surface area contributed by atoms with Crippen LogP contribution in [0.4, 0.5) is 19.0 Å². The van der Waals surface area contributed by atoms with Gasteiger partial charge in [0.2, 0.25) is 0 Å². The standard InChI is InChI=1S/C9H10F3N3S/c1-2-14-8-5(7(13)16)3-4-6(15-8)9(10,11)12/h3-4H,2H2,1H3,(H2,13,16)(H,14,15). The molecule has 0 saturated heterocycles. The lowest BCUT2D eigenvalue weighted by Gasteiger charge is -2.12. The van der Waals surface area contributed by atoms with Gasteiger partial charge in [0.05, 0.1) is 5.56 Å². The molecule has 0 atom stereocenters. The molecule has 3 N–H and O–H groups in total. The van der Waals surface area contributed by atoms with Crippen LogP contribution in [0.1, 0.15) is 18.2 Å². The fraction of sp³-hybridized carbons (Fsp3) is 0.333. The van der Waals surface area contributed by atoms with Crippen molar-refractivity contribution in [2.45, 2.75) is 13.1 Å². The summed E-state index contributed by atoms with van der Waals surface area (Å²) < 4.78 is 37.2. The number of nitrogens with zero attached hydrogens (tertiary/aromatic N) is 1. The van der Waals surface area contributed by atoms with Crippen LogP contribution < -0.4 is 11.1 Å². The summed E-state index contributed by atoms with van der Waals surface area (Å²) in [4.78, 5) is 3.46. The highest BCUT2D eigenvalue weighted by atomic mass is 32.1. The number of hydrogen-bond acceptors (Lipinski definition) is 3. The van der Waals surface area contributed by atoms with Crippen LogP contribution in [-0.2, 0) is 6.18 Å². The van der Waals surface area contributed by atoms with Crippen molar-refractivity contribution in [3.63, 3.8) is 0 Å². The number of aromatic nitrogens is 1. The number of rotatable bonds is 3. The molecule has 0 radical (unpaired) electrons. The van der Waals surface area contributed by atoms with Crippen molar-refractivity contribution in [2.24, 2.45) is 5.73 Å². The molecular weight excluding hydrogens is 239 g/mol. The third-order valence-corrected chi connectivity index (χ3v) is 2.02. The van der Waals surface area contributed by atoms with Gasteiger partial charge in [-0.3, -0.25) is 0 Å². The number of pyridine rings is 1. The monoisotopic (exact) mass is 249 g/mol. The van der Waals surface area contributed by atoms with Crippen LogP contribution >= 0.6 is 12.2 Å². The summed E-state index contributed by atoms with van der Waals surface area (Å²) in [6, 6.07) is 2.07. The number of nitrogens with two attached hydrogens (primary N) is 1. The molecule has 16 heavy (non-hydrogen) atoms. The second-order valence-corrected chi connectivity index (χ2v) is 3.42. The Morgan fingerprint density at radius 3 is 2.56 bits per heavy atom. The Bertz CT molecular complexity index is 403. The summed E-state index contributed by atoms with van der Waals surface area (Å²) in [7, 11) is 0. The normalized spacial score (nSPS) is 11.2. The molecule has 3 nitrogen and oxygen atoms in total. The first kappa shape index (κ1) is 12.7. The van der Waals surface area contributed by atoms with Gasteiger partial charge in [-0.05, 0) is 19.1 Å². The van der Waals surface area contributed by atoms with Crippen LogP contribution in [0.5, 0.6) is 0 Å². The second-order valence-electron chi connectivity index (χ2n) is 2.98. The van der Waals surface area contributed by atoms with Crippen LogP contribution in [-0.4, -0.2) is 16.5 Å². The molecule has 0 unspecified atom stereocenters. The number of nitrogens with one attached hydrogen (secondary N) is 1. The van der Waals surface area contributed by atoms with Gasteiger partial charge in [-0.2, -0.15) is 13.2 Å². The predicted octanol–water partition coefficient (Wildman–Crippen LogP) is 2.17. The SMILES string of the molecule is CCNc1nc(C(F)(F)F)ccc1C(N)=S. The van der Waals surface area contributed by atoms with Crippen molar-refractivity contribution < 1.29 is 13.2 Å². The van der Waals surface area contributed by atoms with E-state index in [-0.39, 0.29) is 10.8 Å². The van der Waals surface area contributed by atoms with Gasteiger partial charge in [0.25, 0.3) is 0 Å². The molecule has 88 valence electrons. The molecule has 1 heterocycles.